The molecule has 2 aromatic carbocycles. The van der Waals surface area contributed by atoms with Crippen LogP contribution >= 0.6 is 0 Å². The molecule has 0 bridgehead atoms. The summed E-state index contributed by atoms with van der Waals surface area (Å²) < 4.78 is 37.7. The van der Waals surface area contributed by atoms with Gasteiger partial charge in [-0.25, -0.2) is 0 Å². The average Bonchev–Trinajstić information content (AvgIpc) is 2.54. The van der Waals surface area contributed by atoms with Gasteiger partial charge in [0, 0.05) is 17.4 Å². The molecule has 0 aliphatic rings. The van der Waals surface area contributed by atoms with Crippen molar-refractivity contribution in [2.75, 3.05) is 5.32 Å². The fourth-order valence-corrected chi connectivity index (χ4v) is 2.28. The van der Waals surface area contributed by atoms with Crippen LogP contribution in [0.25, 0.3) is 0 Å². The van der Waals surface area contributed by atoms with Gasteiger partial charge < -0.3 is 10.6 Å². The number of carbonyl (C=O) groups is 1. The highest BCUT2D eigenvalue weighted by Crippen LogP contribution is 2.30. The van der Waals surface area contributed by atoms with Crippen LogP contribution < -0.4 is 10.6 Å². The number of rotatable bonds is 6. The van der Waals surface area contributed by atoms with Crippen molar-refractivity contribution in [3.8, 4) is 0 Å². The second kappa shape index (κ2) is 8.05. The van der Waals surface area contributed by atoms with Crippen LogP contribution in [0, 0.1) is 0 Å². The molecule has 3 nitrogen and oxygen atoms in total. The molecule has 1 atom stereocenters. The van der Waals surface area contributed by atoms with E-state index < -0.39 is 11.7 Å². The maximum atomic E-state index is 12.6. The fourth-order valence-electron chi connectivity index (χ4n) is 2.28. The number of alkyl halides is 3. The Kier molecular flexibility index (Phi) is 6.07. The Bertz CT molecular complexity index is 711. The first-order chi connectivity index (χ1) is 11.8. The third-order valence-electron chi connectivity index (χ3n) is 3.81. The van der Waals surface area contributed by atoms with Crippen molar-refractivity contribution in [3.05, 3.63) is 59.7 Å². The van der Waals surface area contributed by atoms with Crippen LogP contribution in [0.2, 0.25) is 0 Å². The number of benzene rings is 2. The van der Waals surface area contributed by atoms with Gasteiger partial charge in [0.25, 0.3) is 0 Å². The summed E-state index contributed by atoms with van der Waals surface area (Å²) in [6.07, 6.45) is -3.23. The lowest BCUT2D eigenvalue weighted by atomic mass is 10.1. The maximum Gasteiger partial charge on any atom is 0.416 e. The molecule has 25 heavy (non-hydrogen) atoms. The van der Waals surface area contributed by atoms with Crippen molar-refractivity contribution < 1.29 is 18.0 Å². The first-order valence-electron chi connectivity index (χ1n) is 8.10. The van der Waals surface area contributed by atoms with Crippen molar-refractivity contribution in [1.29, 1.82) is 0 Å². The Morgan fingerprint density at radius 3 is 2.36 bits per heavy atom. The highest BCUT2D eigenvalue weighted by molar-refractivity contribution is 5.79. The summed E-state index contributed by atoms with van der Waals surface area (Å²) in [7, 11) is 0. The predicted molar refractivity (Wildman–Crippen MR) is 92.8 cm³/mol. The summed E-state index contributed by atoms with van der Waals surface area (Å²) in [5, 5.41) is 5.95. The van der Waals surface area contributed by atoms with E-state index in [-0.39, 0.29) is 18.4 Å². The van der Waals surface area contributed by atoms with E-state index in [9.17, 15) is 18.0 Å². The molecule has 0 fully saturated rings. The summed E-state index contributed by atoms with van der Waals surface area (Å²) in [4.78, 5) is 11.9. The van der Waals surface area contributed by atoms with Gasteiger partial charge in [-0.05, 0) is 55.3 Å². The van der Waals surface area contributed by atoms with Crippen molar-refractivity contribution in [1.82, 2.24) is 5.32 Å². The Hall–Kier alpha value is -2.50. The number of carbonyl (C=O) groups excluding carboxylic acids is 1. The highest BCUT2D eigenvalue weighted by Gasteiger charge is 2.29. The van der Waals surface area contributed by atoms with Gasteiger partial charge in [0.05, 0.1) is 12.0 Å². The molecule has 0 saturated heterocycles. The number of halogens is 3. The molecule has 6 heteroatoms. The Morgan fingerprint density at radius 1 is 1.08 bits per heavy atom. The molecular formula is C19H21F3N2O. The van der Waals surface area contributed by atoms with Crippen LogP contribution in [0.5, 0.6) is 0 Å². The molecule has 2 N–H and O–H groups in total. The van der Waals surface area contributed by atoms with Crippen LogP contribution in [0.1, 0.15) is 31.4 Å². The zero-order valence-corrected chi connectivity index (χ0v) is 14.2. The first-order valence-corrected chi connectivity index (χ1v) is 8.10. The van der Waals surface area contributed by atoms with Gasteiger partial charge in [-0.1, -0.05) is 19.1 Å². The molecule has 0 aliphatic heterocycles. The number of nitrogens with one attached hydrogen (secondary N) is 2. The molecule has 0 heterocycles. The smallest absolute Gasteiger partial charge is 0.356 e. The lowest BCUT2D eigenvalue weighted by Gasteiger charge is -2.12. The third kappa shape index (κ3) is 5.81. The van der Waals surface area contributed by atoms with Gasteiger partial charge in [-0.15, -0.1) is 0 Å². The molecule has 1 unspecified atom stereocenters. The predicted octanol–water partition coefficient (Wildman–Crippen LogP) is 4.91. The van der Waals surface area contributed by atoms with Gasteiger partial charge in [0.2, 0.25) is 5.91 Å². The lowest BCUT2D eigenvalue weighted by Crippen LogP contribution is -2.33. The lowest BCUT2D eigenvalue weighted by molar-refractivity contribution is -0.137. The monoisotopic (exact) mass is 350 g/mol. The van der Waals surface area contributed by atoms with Crippen molar-refractivity contribution in [2.45, 2.75) is 38.9 Å². The average molecular weight is 350 g/mol. The van der Waals surface area contributed by atoms with Crippen LogP contribution in [0.3, 0.4) is 0 Å². The maximum absolute atomic E-state index is 12.6. The minimum Gasteiger partial charge on any atom is -0.356 e. The van der Waals surface area contributed by atoms with E-state index >= 15 is 0 Å². The van der Waals surface area contributed by atoms with Gasteiger partial charge in [-0.3, -0.25) is 4.79 Å². The van der Waals surface area contributed by atoms with E-state index in [0.29, 0.717) is 11.4 Å². The summed E-state index contributed by atoms with van der Waals surface area (Å²) in [5.74, 6) is -0.0546. The Morgan fingerprint density at radius 2 is 1.76 bits per heavy atom. The van der Waals surface area contributed by atoms with Gasteiger partial charge in [0.15, 0.2) is 0 Å². The largest absolute Gasteiger partial charge is 0.416 e. The molecule has 0 saturated carbocycles. The van der Waals surface area contributed by atoms with Crippen molar-refractivity contribution >= 4 is 17.3 Å². The zero-order valence-electron chi connectivity index (χ0n) is 14.2. The van der Waals surface area contributed by atoms with E-state index in [1.807, 2.05) is 26.0 Å². The van der Waals surface area contributed by atoms with Crippen LogP contribution in [-0.4, -0.2) is 11.9 Å². The van der Waals surface area contributed by atoms with Crippen LogP contribution in [-0.2, 0) is 17.4 Å². The van der Waals surface area contributed by atoms with Gasteiger partial charge in [-0.2, -0.15) is 13.2 Å². The summed E-state index contributed by atoms with van der Waals surface area (Å²) in [6, 6.07) is 12.2. The van der Waals surface area contributed by atoms with Gasteiger partial charge in [0.1, 0.15) is 0 Å². The standard InChI is InChI=1S/C19H21F3N2O/c1-3-13(2)23-18(25)12-14-5-4-6-17(11-14)24-16-9-7-15(8-10-16)19(20,21)22/h4-11,13,24H,3,12H2,1-2H3,(H,23,25). The topological polar surface area (TPSA) is 41.1 Å². The minimum atomic E-state index is -4.35. The highest BCUT2D eigenvalue weighted by atomic mass is 19.4. The van der Waals surface area contributed by atoms with Crippen LogP contribution in [0.15, 0.2) is 48.5 Å². The molecule has 0 spiro atoms. The summed E-state index contributed by atoms with van der Waals surface area (Å²) in [6.45, 7) is 3.94. The zero-order chi connectivity index (χ0) is 18.4. The first kappa shape index (κ1) is 18.8. The molecule has 0 aliphatic carbocycles. The number of anilines is 2. The van der Waals surface area contributed by atoms with Crippen molar-refractivity contribution in [3.63, 3.8) is 0 Å². The molecular weight excluding hydrogens is 329 g/mol. The SMILES string of the molecule is CCC(C)NC(=O)Cc1cccc(Nc2ccc(C(F)(F)F)cc2)c1. The van der Waals surface area contributed by atoms with Crippen LogP contribution in [0.4, 0.5) is 24.5 Å². The van der Waals surface area contributed by atoms with E-state index in [1.165, 1.54) is 12.1 Å². The molecule has 2 aromatic rings. The molecule has 0 radical (unpaired) electrons. The molecule has 0 aromatic heterocycles. The van der Waals surface area contributed by atoms with E-state index in [4.69, 9.17) is 0 Å². The normalized spacial score (nSPS) is 12.5. The Balaban J connectivity index is 2.02. The second-order valence-electron chi connectivity index (χ2n) is 5.95. The minimum absolute atomic E-state index is 0.0546. The van der Waals surface area contributed by atoms with E-state index in [1.54, 1.807) is 12.1 Å². The molecule has 134 valence electrons. The number of amides is 1. The number of hydrogen-bond acceptors (Lipinski definition) is 2. The second-order valence-corrected chi connectivity index (χ2v) is 5.95. The summed E-state index contributed by atoms with van der Waals surface area (Å²) >= 11 is 0. The fraction of sp³-hybridized carbons (Fsp3) is 0.316. The molecule has 2 rings (SSSR count). The third-order valence-corrected chi connectivity index (χ3v) is 3.81. The molecule has 1 amide bonds. The summed E-state index contributed by atoms with van der Waals surface area (Å²) in [5.41, 5.74) is 1.41. The number of hydrogen-bond donors (Lipinski definition) is 2. The quantitative estimate of drug-likeness (QED) is 0.777. The van der Waals surface area contributed by atoms with Crippen molar-refractivity contribution in [2.24, 2.45) is 0 Å². The van der Waals surface area contributed by atoms with Gasteiger partial charge >= 0.3 is 6.18 Å². The van der Waals surface area contributed by atoms with E-state index in [0.717, 1.165) is 24.1 Å². The van der Waals surface area contributed by atoms with E-state index in [2.05, 4.69) is 10.6 Å². The Labute approximate surface area is 145 Å².